The van der Waals surface area contributed by atoms with Crippen LogP contribution < -0.4 is 14.2 Å². The molecular formula is C17H20N4O5S. The Balaban J connectivity index is 1.95. The lowest BCUT2D eigenvalue weighted by Gasteiger charge is -2.13. The van der Waals surface area contributed by atoms with Crippen LogP contribution in [0, 0.1) is 4.77 Å². The summed E-state index contributed by atoms with van der Waals surface area (Å²) in [7, 11) is 2.95. The molecule has 9 nitrogen and oxygen atoms in total. The fraction of sp³-hybridized carbons (Fsp3) is 0.412. The number of nitrogens with one attached hydrogen (secondary N) is 1. The third-order valence-electron chi connectivity index (χ3n) is 3.94. The number of ether oxygens (including phenoxy) is 4. The van der Waals surface area contributed by atoms with Crippen molar-refractivity contribution in [1.82, 2.24) is 14.9 Å². The lowest BCUT2D eigenvalue weighted by atomic mass is 10.2. The zero-order valence-corrected chi connectivity index (χ0v) is 16.0. The first-order valence-electron chi connectivity index (χ1n) is 8.31. The van der Waals surface area contributed by atoms with Crippen molar-refractivity contribution in [1.29, 1.82) is 0 Å². The maximum atomic E-state index is 11.3. The van der Waals surface area contributed by atoms with Gasteiger partial charge >= 0.3 is 5.97 Å². The Labute approximate surface area is 160 Å². The minimum Gasteiger partial charge on any atom is -0.493 e. The zero-order chi connectivity index (χ0) is 19.4. The number of esters is 1. The average molecular weight is 392 g/mol. The predicted molar refractivity (Wildman–Crippen MR) is 99.2 cm³/mol. The van der Waals surface area contributed by atoms with E-state index in [0.717, 1.165) is 12.8 Å². The Morgan fingerprint density at radius 2 is 2.11 bits per heavy atom. The summed E-state index contributed by atoms with van der Waals surface area (Å²) in [4.78, 5) is 11.3. The first-order valence-corrected chi connectivity index (χ1v) is 8.72. The largest absolute Gasteiger partial charge is 0.493 e. The van der Waals surface area contributed by atoms with Crippen LogP contribution >= 0.6 is 12.2 Å². The van der Waals surface area contributed by atoms with Gasteiger partial charge in [0.2, 0.25) is 10.5 Å². The predicted octanol–water partition coefficient (Wildman–Crippen LogP) is 2.62. The molecule has 0 amide bonds. The molecular weight excluding hydrogens is 372 g/mol. The summed E-state index contributed by atoms with van der Waals surface area (Å²) in [5, 5.41) is 11.4. The second-order valence-electron chi connectivity index (χ2n) is 5.79. The van der Waals surface area contributed by atoms with Gasteiger partial charge in [-0.15, -0.1) is 0 Å². The first-order chi connectivity index (χ1) is 13.0. The Morgan fingerprint density at radius 1 is 1.41 bits per heavy atom. The normalized spacial score (nSPS) is 16.6. The third kappa shape index (κ3) is 4.17. The van der Waals surface area contributed by atoms with E-state index in [2.05, 4.69) is 15.3 Å². The van der Waals surface area contributed by atoms with Crippen molar-refractivity contribution in [2.24, 2.45) is 5.10 Å². The number of nitrogens with zero attached hydrogens (tertiary/aromatic N) is 3. The van der Waals surface area contributed by atoms with E-state index in [0.29, 0.717) is 34.3 Å². The van der Waals surface area contributed by atoms with E-state index in [-0.39, 0.29) is 11.9 Å². The van der Waals surface area contributed by atoms with Crippen LogP contribution in [0.25, 0.3) is 0 Å². The Morgan fingerprint density at radius 3 is 2.67 bits per heavy atom. The first kappa shape index (κ1) is 19.1. The highest BCUT2D eigenvalue weighted by molar-refractivity contribution is 7.71. The number of methoxy groups -OCH3 is 2. The number of carbonyl (C=O) groups excluding carboxylic acids is 1. The average Bonchev–Trinajstić information content (AvgIpc) is 3.29. The van der Waals surface area contributed by atoms with Gasteiger partial charge in [-0.3, -0.25) is 9.89 Å². The Bertz CT molecular complexity index is 889. The summed E-state index contributed by atoms with van der Waals surface area (Å²) in [6.45, 7) is 2.00. The molecule has 1 aliphatic heterocycles. The van der Waals surface area contributed by atoms with Crippen LogP contribution in [-0.4, -0.2) is 47.9 Å². The lowest BCUT2D eigenvalue weighted by molar-refractivity contribution is -0.132. The molecule has 1 atom stereocenters. The molecule has 1 N–H and O–H groups in total. The second-order valence-corrected chi connectivity index (χ2v) is 6.18. The van der Waals surface area contributed by atoms with Gasteiger partial charge in [-0.1, -0.05) is 0 Å². The second kappa shape index (κ2) is 8.31. The minimum absolute atomic E-state index is 0.134. The van der Waals surface area contributed by atoms with Crippen LogP contribution in [0.3, 0.4) is 0 Å². The molecule has 0 unspecified atom stereocenters. The minimum atomic E-state index is -0.473. The fourth-order valence-electron chi connectivity index (χ4n) is 2.75. The van der Waals surface area contributed by atoms with Gasteiger partial charge in [-0.25, -0.2) is 0 Å². The molecule has 1 aromatic heterocycles. The molecule has 144 valence electrons. The zero-order valence-electron chi connectivity index (χ0n) is 15.2. The van der Waals surface area contributed by atoms with Crippen LogP contribution in [0.5, 0.6) is 17.2 Å². The number of aromatic amines is 1. The van der Waals surface area contributed by atoms with E-state index < -0.39 is 5.97 Å². The van der Waals surface area contributed by atoms with Gasteiger partial charge in [0.1, 0.15) is 6.10 Å². The molecule has 0 radical (unpaired) electrons. The fourth-order valence-corrected chi connectivity index (χ4v) is 2.93. The van der Waals surface area contributed by atoms with Crippen molar-refractivity contribution in [3.05, 3.63) is 28.3 Å². The van der Waals surface area contributed by atoms with Gasteiger partial charge in [0, 0.05) is 19.1 Å². The molecule has 0 aliphatic carbocycles. The lowest BCUT2D eigenvalue weighted by Crippen LogP contribution is -2.06. The molecule has 2 heterocycles. The van der Waals surface area contributed by atoms with E-state index in [4.69, 9.17) is 31.2 Å². The molecule has 27 heavy (non-hydrogen) atoms. The maximum absolute atomic E-state index is 11.3. The molecule has 2 aromatic rings. The number of benzene rings is 1. The SMILES string of the molecule is COc1cc(/C=N\n2c([C@@H]3CCCO3)n[nH]c2=S)cc(OC)c1OC(C)=O. The summed E-state index contributed by atoms with van der Waals surface area (Å²) in [6, 6.07) is 3.36. The van der Waals surface area contributed by atoms with Crippen LogP contribution in [0.1, 0.15) is 37.3 Å². The van der Waals surface area contributed by atoms with Gasteiger partial charge in [0.05, 0.1) is 20.4 Å². The van der Waals surface area contributed by atoms with Gasteiger partial charge in [0.25, 0.3) is 0 Å². The van der Waals surface area contributed by atoms with Crippen LogP contribution in [0.4, 0.5) is 0 Å². The molecule has 1 aliphatic rings. The summed E-state index contributed by atoms with van der Waals surface area (Å²) >= 11 is 5.26. The van der Waals surface area contributed by atoms with Crippen molar-refractivity contribution in [3.8, 4) is 17.2 Å². The number of hydrogen-bond acceptors (Lipinski definition) is 8. The van der Waals surface area contributed by atoms with E-state index in [1.54, 1.807) is 18.3 Å². The monoisotopic (exact) mass is 392 g/mol. The van der Waals surface area contributed by atoms with Crippen LogP contribution in [0.2, 0.25) is 0 Å². The number of rotatable bonds is 6. The third-order valence-corrected chi connectivity index (χ3v) is 4.21. The van der Waals surface area contributed by atoms with Crippen molar-refractivity contribution in [2.45, 2.75) is 25.9 Å². The molecule has 10 heteroatoms. The molecule has 1 aromatic carbocycles. The van der Waals surface area contributed by atoms with E-state index in [1.807, 2.05) is 0 Å². The Hall–Kier alpha value is -2.72. The smallest absolute Gasteiger partial charge is 0.308 e. The number of H-pyrrole nitrogens is 1. The summed E-state index contributed by atoms with van der Waals surface area (Å²) in [6.07, 6.45) is 3.30. The van der Waals surface area contributed by atoms with Crippen molar-refractivity contribution in [2.75, 3.05) is 20.8 Å². The molecule has 0 bridgehead atoms. The summed E-state index contributed by atoms with van der Waals surface area (Å²) in [5.41, 5.74) is 0.668. The number of hydrogen-bond donors (Lipinski definition) is 1. The van der Waals surface area contributed by atoms with Crippen molar-refractivity contribution >= 4 is 24.4 Å². The van der Waals surface area contributed by atoms with Gasteiger partial charge in [-0.2, -0.15) is 14.9 Å². The molecule has 1 fully saturated rings. The van der Waals surface area contributed by atoms with Crippen molar-refractivity contribution in [3.63, 3.8) is 0 Å². The molecule has 1 saturated heterocycles. The highest BCUT2D eigenvalue weighted by atomic mass is 32.1. The number of aromatic nitrogens is 3. The molecule has 0 saturated carbocycles. The quantitative estimate of drug-likeness (QED) is 0.349. The van der Waals surface area contributed by atoms with E-state index >= 15 is 0 Å². The van der Waals surface area contributed by atoms with Crippen LogP contribution in [0.15, 0.2) is 17.2 Å². The topological polar surface area (TPSA) is 100.0 Å². The van der Waals surface area contributed by atoms with Gasteiger partial charge in [-0.05, 0) is 37.2 Å². The highest BCUT2D eigenvalue weighted by Crippen LogP contribution is 2.38. The maximum Gasteiger partial charge on any atom is 0.308 e. The molecule has 3 rings (SSSR count). The summed E-state index contributed by atoms with van der Waals surface area (Å²) < 4.78 is 23.4. The van der Waals surface area contributed by atoms with Gasteiger partial charge < -0.3 is 18.9 Å². The number of carbonyl (C=O) groups is 1. The Kier molecular flexibility index (Phi) is 5.87. The van der Waals surface area contributed by atoms with Crippen LogP contribution in [-0.2, 0) is 9.53 Å². The molecule has 0 spiro atoms. The van der Waals surface area contributed by atoms with E-state index in [1.165, 1.54) is 25.8 Å². The summed E-state index contributed by atoms with van der Waals surface area (Å²) in [5.74, 6) is 1.06. The highest BCUT2D eigenvalue weighted by Gasteiger charge is 2.23. The van der Waals surface area contributed by atoms with Crippen molar-refractivity contribution < 1.29 is 23.7 Å². The van der Waals surface area contributed by atoms with Gasteiger partial charge in [0.15, 0.2) is 17.3 Å². The van der Waals surface area contributed by atoms with E-state index in [9.17, 15) is 4.79 Å². The standard InChI is InChI=1S/C17H20N4O5S/c1-10(22)26-15-13(23-2)7-11(8-14(15)24-3)9-18-21-16(19-20-17(21)27)12-5-4-6-25-12/h7-9,12H,4-6H2,1-3H3,(H,20,27)/b18-9-/t12-/m0/s1.